The molecule has 1 aromatic carbocycles. The Hall–Kier alpha value is -3.00. The van der Waals surface area contributed by atoms with Crippen LogP contribution in [-0.2, 0) is 24.2 Å². The van der Waals surface area contributed by atoms with Crippen LogP contribution >= 0.6 is 11.3 Å². The molecule has 0 fully saturated rings. The molecule has 0 unspecified atom stereocenters. The van der Waals surface area contributed by atoms with Gasteiger partial charge in [0.05, 0.1) is 11.7 Å². The first-order chi connectivity index (χ1) is 13.4. The molecule has 0 bridgehead atoms. The van der Waals surface area contributed by atoms with Gasteiger partial charge in [0.2, 0.25) is 5.91 Å². The molecule has 1 aliphatic rings. The Kier molecular flexibility index (Phi) is 4.72. The van der Waals surface area contributed by atoms with Crippen molar-refractivity contribution in [1.82, 2.24) is 14.5 Å². The van der Waals surface area contributed by atoms with Crippen molar-refractivity contribution in [3.8, 4) is 0 Å². The third-order valence-corrected chi connectivity index (χ3v) is 6.03. The lowest BCUT2D eigenvalue weighted by Gasteiger charge is -2.11. The number of carbonyl (C=O) groups is 2. The van der Waals surface area contributed by atoms with Gasteiger partial charge in [-0.15, -0.1) is 11.3 Å². The molecule has 0 aliphatic heterocycles. The van der Waals surface area contributed by atoms with Crippen molar-refractivity contribution < 1.29 is 9.59 Å². The van der Waals surface area contributed by atoms with Crippen LogP contribution in [0.3, 0.4) is 0 Å². The van der Waals surface area contributed by atoms with Crippen LogP contribution in [0.25, 0.3) is 10.2 Å². The Morgan fingerprint density at radius 2 is 1.96 bits per heavy atom. The second-order valence-corrected chi connectivity index (χ2v) is 8.12. The molecule has 28 heavy (non-hydrogen) atoms. The zero-order valence-electron chi connectivity index (χ0n) is 15.7. The average molecular weight is 396 g/mol. The number of benzene rings is 1. The quantitative estimate of drug-likeness (QED) is 0.733. The minimum absolute atomic E-state index is 0.105. The first-order valence-corrected chi connectivity index (χ1v) is 9.87. The van der Waals surface area contributed by atoms with E-state index in [2.05, 4.69) is 10.3 Å². The first kappa shape index (κ1) is 18.4. The van der Waals surface area contributed by atoms with Crippen LogP contribution < -0.4 is 10.9 Å². The number of fused-ring (bicyclic) bond motifs is 3. The molecule has 0 saturated carbocycles. The fourth-order valence-electron chi connectivity index (χ4n) is 3.44. The Labute approximate surface area is 165 Å². The van der Waals surface area contributed by atoms with Crippen LogP contribution in [0.1, 0.15) is 27.2 Å². The van der Waals surface area contributed by atoms with Gasteiger partial charge >= 0.3 is 0 Å². The molecule has 0 atom stereocenters. The number of rotatable bonds is 4. The molecule has 1 aliphatic carbocycles. The van der Waals surface area contributed by atoms with E-state index in [4.69, 9.17) is 0 Å². The van der Waals surface area contributed by atoms with E-state index in [-0.39, 0.29) is 23.9 Å². The molecule has 8 heteroatoms. The highest BCUT2D eigenvalue weighted by atomic mass is 32.1. The van der Waals surface area contributed by atoms with E-state index in [1.165, 1.54) is 20.7 Å². The summed E-state index contributed by atoms with van der Waals surface area (Å²) in [6.07, 6.45) is 4.41. The SMILES string of the molecule is CN(C)C(=O)c1ccc(NC(=O)Cn2cnc3sc4c(c3c2=O)CCC4)cc1. The third kappa shape index (κ3) is 3.31. The van der Waals surface area contributed by atoms with Crippen LogP contribution in [0, 0.1) is 0 Å². The summed E-state index contributed by atoms with van der Waals surface area (Å²) < 4.78 is 1.35. The number of nitrogens with one attached hydrogen (secondary N) is 1. The molecule has 3 aromatic rings. The summed E-state index contributed by atoms with van der Waals surface area (Å²) in [4.78, 5) is 45.0. The van der Waals surface area contributed by atoms with E-state index in [1.807, 2.05) is 0 Å². The molecular weight excluding hydrogens is 376 g/mol. The van der Waals surface area contributed by atoms with Crippen molar-refractivity contribution in [3.05, 3.63) is 57.0 Å². The fourth-order valence-corrected chi connectivity index (χ4v) is 4.66. The van der Waals surface area contributed by atoms with Crippen LogP contribution in [-0.4, -0.2) is 40.4 Å². The zero-order valence-corrected chi connectivity index (χ0v) is 16.5. The van der Waals surface area contributed by atoms with Gasteiger partial charge in [0.15, 0.2) is 0 Å². The van der Waals surface area contributed by atoms with Crippen molar-refractivity contribution in [2.75, 3.05) is 19.4 Å². The van der Waals surface area contributed by atoms with E-state index in [0.717, 1.165) is 29.7 Å². The number of aryl methyl sites for hydroxylation is 2. The van der Waals surface area contributed by atoms with Gasteiger partial charge in [-0.2, -0.15) is 0 Å². The second-order valence-electron chi connectivity index (χ2n) is 7.04. The fraction of sp³-hybridized carbons (Fsp3) is 0.300. The predicted octanol–water partition coefficient (Wildman–Crippen LogP) is 2.29. The molecule has 2 heterocycles. The number of hydrogen-bond acceptors (Lipinski definition) is 5. The number of aromatic nitrogens is 2. The van der Waals surface area contributed by atoms with Gasteiger partial charge in [0, 0.05) is 30.2 Å². The second kappa shape index (κ2) is 7.20. The monoisotopic (exact) mass is 396 g/mol. The topological polar surface area (TPSA) is 84.3 Å². The van der Waals surface area contributed by atoms with Gasteiger partial charge in [0.1, 0.15) is 11.4 Å². The molecule has 7 nitrogen and oxygen atoms in total. The highest BCUT2D eigenvalue weighted by Gasteiger charge is 2.21. The summed E-state index contributed by atoms with van der Waals surface area (Å²) in [5.74, 6) is -0.422. The predicted molar refractivity (Wildman–Crippen MR) is 109 cm³/mol. The van der Waals surface area contributed by atoms with Gasteiger partial charge in [-0.05, 0) is 49.1 Å². The standard InChI is InChI=1S/C20H20N4O3S/c1-23(2)19(26)12-6-8-13(9-7-12)22-16(25)10-24-11-21-18-17(20(24)27)14-4-3-5-15(14)28-18/h6-9,11H,3-5,10H2,1-2H3,(H,22,25). The molecule has 0 spiro atoms. The Bertz CT molecular complexity index is 1130. The summed E-state index contributed by atoms with van der Waals surface area (Å²) in [7, 11) is 3.37. The molecule has 1 N–H and O–H groups in total. The van der Waals surface area contributed by atoms with Crippen molar-refractivity contribution in [2.45, 2.75) is 25.8 Å². The molecule has 0 radical (unpaired) electrons. The van der Waals surface area contributed by atoms with E-state index >= 15 is 0 Å². The van der Waals surface area contributed by atoms with Crippen molar-refractivity contribution in [2.24, 2.45) is 0 Å². The number of nitrogens with zero attached hydrogens (tertiary/aromatic N) is 3. The minimum Gasteiger partial charge on any atom is -0.345 e. The maximum absolute atomic E-state index is 12.8. The van der Waals surface area contributed by atoms with E-state index < -0.39 is 0 Å². The summed E-state index contributed by atoms with van der Waals surface area (Å²) in [5.41, 5.74) is 2.05. The highest BCUT2D eigenvalue weighted by molar-refractivity contribution is 7.18. The van der Waals surface area contributed by atoms with Crippen LogP contribution in [0.5, 0.6) is 0 Å². The largest absolute Gasteiger partial charge is 0.345 e. The van der Waals surface area contributed by atoms with Gasteiger partial charge in [-0.25, -0.2) is 4.98 Å². The lowest BCUT2D eigenvalue weighted by atomic mass is 10.2. The Morgan fingerprint density at radius 1 is 1.21 bits per heavy atom. The van der Waals surface area contributed by atoms with Gasteiger partial charge < -0.3 is 10.2 Å². The molecule has 2 amide bonds. The highest BCUT2D eigenvalue weighted by Crippen LogP contribution is 2.34. The summed E-state index contributed by atoms with van der Waals surface area (Å²) in [6, 6.07) is 6.66. The van der Waals surface area contributed by atoms with Crippen LogP contribution in [0.2, 0.25) is 0 Å². The summed E-state index contributed by atoms with van der Waals surface area (Å²) in [5, 5.41) is 3.42. The summed E-state index contributed by atoms with van der Waals surface area (Å²) >= 11 is 1.58. The smallest absolute Gasteiger partial charge is 0.262 e. The third-order valence-electron chi connectivity index (χ3n) is 4.83. The van der Waals surface area contributed by atoms with Gasteiger partial charge in [-0.3, -0.25) is 19.0 Å². The van der Waals surface area contributed by atoms with Crippen molar-refractivity contribution >= 4 is 39.1 Å². The van der Waals surface area contributed by atoms with Crippen molar-refractivity contribution in [1.29, 1.82) is 0 Å². The lowest BCUT2D eigenvalue weighted by molar-refractivity contribution is -0.116. The molecule has 144 valence electrons. The number of anilines is 1. The number of carbonyl (C=O) groups excluding carboxylic acids is 2. The normalized spacial score (nSPS) is 12.8. The first-order valence-electron chi connectivity index (χ1n) is 9.05. The molecule has 4 rings (SSSR count). The number of thiophene rings is 1. The number of hydrogen-bond donors (Lipinski definition) is 1. The maximum Gasteiger partial charge on any atom is 0.262 e. The molecule has 2 aromatic heterocycles. The Balaban J connectivity index is 1.50. The zero-order chi connectivity index (χ0) is 19.8. The molecular formula is C20H20N4O3S. The van der Waals surface area contributed by atoms with Crippen LogP contribution in [0.4, 0.5) is 5.69 Å². The minimum atomic E-state index is -0.318. The van der Waals surface area contributed by atoms with E-state index in [0.29, 0.717) is 16.6 Å². The van der Waals surface area contributed by atoms with E-state index in [9.17, 15) is 14.4 Å². The van der Waals surface area contributed by atoms with Gasteiger partial charge in [-0.1, -0.05) is 0 Å². The number of amides is 2. The average Bonchev–Trinajstić information content (AvgIpc) is 3.25. The lowest BCUT2D eigenvalue weighted by Crippen LogP contribution is -2.28. The molecule has 0 saturated heterocycles. The Morgan fingerprint density at radius 3 is 2.68 bits per heavy atom. The maximum atomic E-state index is 12.8. The van der Waals surface area contributed by atoms with Crippen molar-refractivity contribution in [3.63, 3.8) is 0 Å². The van der Waals surface area contributed by atoms with E-state index in [1.54, 1.807) is 49.7 Å². The van der Waals surface area contributed by atoms with Gasteiger partial charge in [0.25, 0.3) is 11.5 Å². The van der Waals surface area contributed by atoms with Crippen LogP contribution in [0.15, 0.2) is 35.4 Å². The summed E-state index contributed by atoms with van der Waals surface area (Å²) in [6.45, 7) is -0.106.